The molecule has 14 heavy (non-hydrogen) atoms. The average molecular weight is 193 g/mol. The summed E-state index contributed by atoms with van der Waals surface area (Å²) in [5, 5.41) is 0. The zero-order chi connectivity index (χ0) is 9.83. The fourth-order valence-electron chi connectivity index (χ4n) is 3.70. The minimum Gasteiger partial charge on any atom is -0.444 e. The van der Waals surface area contributed by atoms with Crippen molar-refractivity contribution in [1.29, 1.82) is 0 Å². The summed E-state index contributed by atoms with van der Waals surface area (Å²) in [7, 11) is 0. The number of carbonyl (C=O) groups excluding carboxylic acids is 1. The molecule has 0 aromatic rings. The second-order valence-electron chi connectivity index (χ2n) is 6.18. The van der Waals surface area contributed by atoms with E-state index in [0.29, 0.717) is 12.1 Å². The number of hydrogen-bond acceptors (Lipinski definition) is 2. The third kappa shape index (κ3) is 0.665. The molecule has 5 rings (SSSR count). The molecule has 0 aromatic carbocycles. The summed E-state index contributed by atoms with van der Waals surface area (Å²) in [6.07, 6.45) is -0.0821. The molecule has 76 valence electrons. The van der Waals surface area contributed by atoms with E-state index in [-0.39, 0.29) is 11.7 Å². The number of hydrogen-bond donors (Lipinski definition) is 0. The van der Waals surface area contributed by atoms with Gasteiger partial charge in [-0.15, -0.1) is 0 Å². The van der Waals surface area contributed by atoms with E-state index < -0.39 is 0 Å². The first-order valence-electron chi connectivity index (χ1n) is 5.52. The number of amides is 1. The van der Waals surface area contributed by atoms with Crippen LogP contribution in [0.15, 0.2) is 0 Å². The van der Waals surface area contributed by atoms with E-state index in [1.54, 1.807) is 0 Å². The molecule has 3 heteroatoms. The summed E-state index contributed by atoms with van der Waals surface area (Å²) < 4.78 is 5.36. The van der Waals surface area contributed by atoms with Gasteiger partial charge in [0.15, 0.2) is 0 Å². The highest BCUT2D eigenvalue weighted by molar-refractivity contribution is 5.75. The molecule has 5 fully saturated rings. The van der Waals surface area contributed by atoms with Crippen molar-refractivity contribution in [1.82, 2.24) is 4.90 Å². The molecule has 1 amide bonds. The first kappa shape index (κ1) is 7.55. The highest BCUT2D eigenvalue weighted by atomic mass is 16.6. The summed E-state index contributed by atoms with van der Waals surface area (Å²) >= 11 is 0. The highest BCUT2D eigenvalue weighted by Gasteiger charge is 2.93. The molecule has 0 aromatic heterocycles. The Hall–Kier alpha value is -0.730. The van der Waals surface area contributed by atoms with Crippen LogP contribution in [0.1, 0.15) is 20.8 Å². The van der Waals surface area contributed by atoms with Gasteiger partial charge >= 0.3 is 6.09 Å². The molecule has 0 radical (unpaired) electrons. The number of piperidine rings is 2. The van der Waals surface area contributed by atoms with Gasteiger partial charge in [-0.2, -0.15) is 0 Å². The van der Waals surface area contributed by atoms with Crippen LogP contribution in [0.25, 0.3) is 0 Å². The predicted octanol–water partition coefficient (Wildman–Crippen LogP) is 1.48. The normalized spacial score (nSPS) is 54.9. The topological polar surface area (TPSA) is 29.3 Å². The molecule has 1 saturated heterocycles. The maximum absolute atomic E-state index is 11.7. The van der Waals surface area contributed by atoms with Gasteiger partial charge in [-0.05, 0) is 44.4 Å². The van der Waals surface area contributed by atoms with Crippen LogP contribution in [0.3, 0.4) is 0 Å². The van der Waals surface area contributed by atoms with E-state index >= 15 is 0 Å². The van der Waals surface area contributed by atoms with Gasteiger partial charge in [0.1, 0.15) is 5.60 Å². The van der Waals surface area contributed by atoms with Crippen LogP contribution in [-0.2, 0) is 4.74 Å². The van der Waals surface area contributed by atoms with Crippen LogP contribution >= 0.6 is 0 Å². The lowest BCUT2D eigenvalue weighted by Gasteiger charge is -2.21. The molecular weight excluding hydrogens is 178 g/mol. The van der Waals surface area contributed by atoms with Gasteiger partial charge in [-0.1, -0.05) is 0 Å². The summed E-state index contributed by atoms with van der Waals surface area (Å²) in [6, 6.07) is 1.18. The molecule has 2 unspecified atom stereocenters. The quantitative estimate of drug-likeness (QED) is 0.545. The van der Waals surface area contributed by atoms with Crippen LogP contribution in [0.2, 0.25) is 0 Å². The van der Waals surface area contributed by atoms with Crippen LogP contribution in [0.4, 0.5) is 4.79 Å². The Bertz CT molecular complexity index is 318. The molecule has 1 aliphatic heterocycles. The molecule has 1 heterocycles. The molecule has 3 nitrogen and oxygen atoms in total. The van der Waals surface area contributed by atoms with Crippen LogP contribution in [0.5, 0.6) is 0 Å². The zero-order valence-electron chi connectivity index (χ0n) is 8.73. The Morgan fingerprint density at radius 2 is 1.57 bits per heavy atom. The Labute approximate surface area is 83.4 Å². The highest BCUT2D eigenvalue weighted by Crippen LogP contribution is 2.88. The van der Waals surface area contributed by atoms with Crippen molar-refractivity contribution in [2.45, 2.75) is 38.5 Å². The molecule has 2 bridgehead atoms. The second-order valence-corrected chi connectivity index (χ2v) is 6.18. The van der Waals surface area contributed by atoms with Gasteiger partial charge in [0, 0.05) is 0 Å². The summed E-state index contributed by atoms with van der Waals surface area (Å²) in [5.74, 6) is 3.84. The van der Waals surface area contributed by atoms with E-state index in [4.69, 9.17) is 4.74 Å². The average Bonchev–Trinajstić information content (AvgIpc) is 2.87. The summed E-state index contributed by atoms with van der Waals surface area (Å²) in [4.78, 5) is 13.7. The number of ether oxygens (including phenoxy) is 1. The van der Waals surface area contributed by atoms with Gasteiger partial charge in [-0.3, -0.25) is 4.90 Å². The first-order chi connectivity index (χ1) is 6.51. The second kappa shape index (κ2) is 1.70. The van der Waals surface area contributed by atoms with E-state index in [0.717, 1.165) is 23.7 Å². The molecule has 5 aliphatic rings. The van der Waals surface area contributed by atoms with Crippen molar-refractivity contribution in [3.05, 3.63) is 0 Å². The molecular formula is C11H15NO2. The minimum absolute atomic E-state index is 0.0821. The fraction of sp³-hybridized carbons (Fsp3) is 0.909. The van der Waals surface area contributed by atoms with E-state index in [1.165, 1.54) is 0 Å². The number of carbonyl (C=O) groups is 1. The van der Waals surface area contributed by atoms with Crippen LogP contribution in [-0.4, -0.2) is 28.7 Å². The maximum Gasteiger partial charge on any atom is 0.410 e. The van der Waals surface area contributed by atoms with Crippen molar-refractivity contribution in [2.75, 3.05) is 0 Å². The lowest BCUT2D eigenvalue weighted by Crippen LogP contribution is -2.30. The standard InChI is InChI=1S/C11H15NO2/c1-11(2,3)14-10(13)12-8-6-4-5(6)7(4)9(8)12/h4-9H,1-3H3/t4?,5?,6?,7?,8-,9+,12?. The maximum atomic E-state index is 11.7. The van der Waals surface area contributed by atoms with Crippen molar-refractivity contribution in [2.24, 2.45) is 23.7 Å². The Morgan fingerprint density at radius 3 is 2.00 bits per heavy atom. The van der Waals surface area contributed by atoms with Crippen molar-refractivity contribution < 1.29 is 9.53 Å². The number of nitrogens with zero attached hydrogens (tertiary/aromatic N) is 1. The third-order valence-electron chi connectivity index (χ3n) is 4.24. The molecule has 0 N–H and O–H groups in total. The van der Waals surface area contributed by atoms with Gasteiger partial charge in [0.2, 0.25) is 0 Å². The predicted molar refractivity (Wildman–Crippen MR) is 49.6 cm³/mol. The van der Waals surface area contributed by atoms with Crippen LogP contribution < -0.4 is 0 Å². The Kier molecular flexibility index (Phi) is 0.917. The Balaban J connectivity index is 1.45. The van der Waals surface area contributed by atoms with E-state index in [2.05, 4.69) is 0 Å². The summed E-state index contributed by atoms with van der Waals surface area (Å²) in [5.41, 5.74) is -0.342. The van der Waals surface area contributed by atoms with Gasteiger partial charge in [0.25, 0.3) is 0 Å². The van der Waals surface area contributed by atoms with Crippen molar-refractivity contribution in [3.63, 3.8) is 0 Å². The Morgan fingerprint density at radius 1 is 1.07 bits per heavy atom. The minimum atomic E-state index is -0.342. The molecule has 0 spiro atoms. The smallest absolute Gasteiger partial charge is 0.410 e. The molecule has 4 aliphatic carbocycles. The number of rotatable bonds is 0. The van der Waals surface area contributed by atoms with Crippen molar-refractivity contribution in [3.8, 4) is 0 Å². The number of likely N-dealkylation sites (tertiary alicyclic amines) is 1. The van der Waals surface area contributed by atoms with E-state index in [1.807, 2.05) is 25.7 Å². The first-order valence-corrected chi connectivity index (χ1v) is 5.52. The SMILES string of the molecule is CC(C)(C)OC(=O)N1[C@@H]2C3C4C3C4[C@@H]21. The van der Waals surface area contributed by atoms with Gasteiger partial charge in [0.05, 0.1) is 12.1 Å². The summed E-state index contributed by atoms with van der Waals surface area (Å²) in [6.45, 7) is 5.78. The monoisotopic (exact) mass is 193 g/mol. The van der Waals surface area contributed by atoms with Gasteiger partial charge < -0.3 is 4.74 Å². The van der Waals surface area contributed by atoms with Crippen molar-refractivity contribution >= 4 is 6.09 Å². The molecule has 4 saturated carbocycles. The fourth-order valence-corrected chi connectivity index (χ4v) is 3.70. The van der Waals surface area contributed by atoms with Crippen LogP contribution in [0, 0.1) is 23.7 Å². The van der Waals surface area contributed by atoms with E-state index in [9.17, 15) is 4.79 Å². The largest absolute Gasteiger partial charge is 0.444 e. The lowest BCUT2D eigenvalue weighted by molar-refractivity contribution is 0.0361. The third-order valence-corrected chi connectivity index (χ3v) is 4.24. The lowest BCUT2D eigenvalue weighted by atomic mass is 10.2. The molecule has 4 atom stereocenters. The van der Waals surface area contributed by atoms with Gasteiger partial charge in [-0.25, -0.2) is 4.79 Å². The zero-order valence-corrected chi connectivity index (χ0v) is 8.73.